The normalized spacial score (nSPS) is 17.9. The standard InChI is InChI=1S/C13H15N3O/c14-9-11-3-1-10(2-4-11)5-7-16-13(17)12-6-8-15-12/h1-4,12,15H,5-8H2,(H,16,17)/t12-/m0/s1. The summed E-state index contributed by atoms with van der Waals surface area (Å²) >= 11 is 0. The maximum absolute atomic E-state index is 11.5. The van der Waals surface area contributed by atoms with Gasteiger partial charge in [0.2, 0.25) is 5.91 Å². The summed E-state index contributed by atoms with van der Waals surface area (Å²) in [6.45, 7) is 1.58. The fourth-order valence-electron chi connectivity index (χ4n) is 1.71. The Balaban J connectivity index is 1.74. The number of hydrogen-bond acceptors (Lipinski definition) is 3. The molecule has 4 nitrogen and oxygen atoms in total. The van der Waals surface area contributed by atoms with Crippen LogP contribution in [0.5, 0.6) is 0 Å². The van der Waals surface area contributed by atoms with Crippen LogP contribution < -0.4 is 10.6 Å². The third-order valence-electron chi connectivity index (χ3n) is 2.94. The Labute approximate surface area is 101 Å². The van der Waals surface area contributed by atoms with Gasteiger partial charge < -0.3 is 10.6 Å². The SMILES string of the molecule is N#Cc1ccc(CCNC(=O)[C@@H]2CCN2)cc1. The first kappa shape index (κ1) is 11.6. The van der Waals surface area contributed by atoms with Gasteiger partial charge in [0.15, 0.2) is 0 Å². The lowest BCUT2D eigenvalue weighted by Gasteiger charge is -2.26. The van der Waals surface area contributed by atoms with Crippen molar-refractivity contribution in [1.82, 2.24) is 10.6 Å². The fourth-order valence-corrected chi connectivity index (χ4v) is 1.71. The highest BCUT2D eigenvalue weighted by molar-refractivity contribution is 5.82. The van der Waals surface area contributed by atoms with E-state index in [1.165, 1.54) is 0 Å². The van der Waals surface area contributed by atoms with E-state index in [0.717, 1.165) is 24.9 Å². The smallest absolute Gasteiger partial charge is 0.237 e. The fraction of sp³-hybridized carbons (Fsp3) is 0.385. The van der Waals surface area contributed by atoms with E-state index >= 15 is 0 Å². The van der Waals surface area contributed by atoms with E-state index in [1.54, 1.807) is 12.1 Å². The van der Waals surface area contributed by atoms with Crippen LogP contribution in [0.15, 0.2) is 24.3 Å². The molecule has 0 unspecified atom stereocenters. The number of rotatable bonds is 4. The number of hydrogen-bond donors (Lipinski definition) is 2. The lowest BCUT2D eigenvalue weighted by molar-refractivity contribution is -0.124. The molecule has 2 rings (SSSR count). The van der Waals surface area contributed by atoms with Crippen LogP contribution in [0.25, 0.3) is 0 Å². The largest absolute Gasteiger partial charge is 0.354 e. The van der Waals surface area contributed by atoms with Crippen LogP contribution in [0.2, 0.25) is 0 Å². The van der Waals surface area contributed by atoms with E-state index in [2.05, 4.69) is 16.7 Å². The van der Waals surface area contributed by atoms with Crippen molar-refractivity contribution in [1.29, 1.82) is 5.26 Å². The average Bonchev–Trinajstić information content (AvgIpc) is 2.27. The Hall–Kier alpha value is -1.86. The summed E-state index contributed by atoms with van der Waals surface area (Å²) in [6.07, 6.45) is 1.73. The summed E-state index contributed by atoms with van der Waals surface area (Å²) in [7, 11) is 0. The molecule has 0 saturated carbocycles. The number of benzene rings is 1. The van der Waals surface area contributed by atoms with Gasteiger partial charge in [-0.05, 0) is 37.1 Å². The molecule has 2 N–H and O–H groups in total. The third-order valence-corrected chi connectivity index (χ3v) is 2.94. The minimum Gasteiger partial charge on any atom is -0.354 e. The summed E-state index contributed by atoms with van der Waals surface area (Å²) in [6, 6.07) is 9.53. The highest BCUT2D eigenvalue weighted by Gasteiger charge is 2.23. The molecule has 1 aliphatic heterocycles. The Morgan fingerprint density at radius 3 is 2.71 bits per heavy atom. The molecule has 1 heterocycles. The van der Waals surface area contributed by atoms with Crippen LogP contribution >= 0.6 is 0 Å². The van der Waals surface area contributed by atoms with Gasteiger partial charge in [0.25, 0.3) is 0 Å². The van der Waals surface area contributed by atoms with Crippen molar-refractivity contribution in [3.8, 4) is 6.07 Å². The van der Waals surface area contributed by atoms with Crippen molar-refractivity contribution in [3.63, 3.8) is 0 Å². The van der Waals surface area contributed by atoms with Gasteiger partial charge in [0, 0.05) is 6.54 Å². The zero-order valence-electron chi connectivity index (χ0n) is 9.57. The van der Waals surface area contributed by atoms with Crippen molar-refractivity contribution < 1.29 is 4.79 Å². The Morgan fingerprint density at radius 1 is 1.47 bits per heavy atom. The van der Waals surface area contributed by atoms with Gasteiger partial charge in [0.05, 0.1) is 17.7 Å². The van der Waals surface area contributed by atoms with Crippen molar-refractivity contribution in [2.45, 2.75) is 18.9 Å². The molecule has 4 heteroatoms. The number of carbonyl (C=O) groups is 1. The van der Waals surface area contributed by atoms with Gasteiger partial charge in [0.1, 0.15) is 0 Å². The van der Waals surface area contributed by atoms with Crippen molar-refractivity contribution >= 4 is 5.91 Å². The summed E-state index contributed by atoms with van der Waals surface area (Å²) in [5.41, 5.74) is 1.79. The summed E-state index contributed by atoms with van der Waals surface area (Å²) in [5, 5.41) is 14.6. The molecule has 0 radical (unpaired) electrons. The zero-order chi connectivity index (χ0) is 12.1. The molecule has 1 atom stereocenters. The molecule has 0 aliphatic carbocycles. The average molecular weight is 229 g/mol. The van der Waals surface area contributed by atoms with Crippen LogP contribution in [0.3, 0.4) is 0 Å². The van der Waals surface area contributed by atoms with E-state index in [9.17, 15) is 4.79 Å². The highest BCUT2D eigenvalue weighted by Crippen LogP contribution is 2.04. The molecular weight excluding hydrogens is 214 g/mol. The number of carbonyl (C=O) groups excluding carboxylic acids is 1. The zero-order valence-corrected chi connectivity index (χ0v) is 9.57. The predicted octanol–water partition coefficient (Wildman–Crippen LogP) is 0.579. The van der Waals surface area contributed by atoms with Crippen molar-refractivity contribution in [2.75, 3.05) is 13.1 Å². The topological polar surface area (TPSA) is 64.9 Å². The van der Waals surface area contributed by atoms with E-state index in [0.29, 0.717) is 12.1 Å². The molecule has 1 fully saturated rings. The first-order valence-corrected chi connectivity index (χ1v) is 5.80. The monoisotopic (exact) mass is 229 g/mol. The maximum atomic E-state index is 11.5. The molecule has 1 aliphatic rings. The minimum atomic E-state index is 0.0102. The Kier molecular flexibility index (Phi) is 3.73. The van der Waals surface area contributed by atoms with Crippen LogP contribution in [0, 0.1) is 11.3 Å². The number of nitrogens with one attached hydrogen (secondary N) is 2. The first-order chi connectivity index (χ1) is 8.29. The second kappa shape index (κ2) is 5.46. The van der Waals surface area contributed by atoms with E-state index in [4.69, 9.17) is 5.26 Å². The molecule has 0 spiro atoms. The molecule has 1 aromatic carbocycles. The van der Waals surface area contributed by atoms with Crippen LogP contribution in [-0.4, -0.2) is 25.0 Å². The lowest BCUT2D eigenvalue weighted by Crippen LogP contribution is -2.53. The van der Waals surface area contributed by atoms with Gasteiger partial charge in [-0.3, -0.25) is 4.79 Å². The molecular formula is C13H15N3O. The number of nitrogens with zero attached hydrogens (tertiary/aromatic N) is 1. The molecule has 1 amide bonds. The number of amides is 1. The maximum Gasteiger partial charge on any atom is 0.237 e. The Bertz CT molecular complexity index is 429. The third kappa shape index (κ3) is 3.05. The Morgan fingerprint density at radius 2 is 2.18 bits per heavy atom. The summed E-state index contributed by atoms with van der Waals surface area (Å²) < 4.78 is 0. The molecule has 88 valence electrons. The first-order valence-electron chi connectivity index (χ1n) is 5.80. The van der Waals surface area contributed by atoms with Gasteiger partial charge in [-0.25, -0.2) is 0 Å². The summed E-state index contributed by atoms with van der Waals surface area (Å²) in [4.78, 5) is 11.5. The van der Waals surface area contributed by atoms with Gasteiger partial charge in [-0.2, -0.15) is 5.26 Å². The number of nitriles is 1. The van der Waals surface area contributed by atoms with Crippen LogP contribution in [-0.2, 0) is 11.2 Å². The summed E-state index contributed by atoms with van der Waals surface area (Å²) in [5.74, 6) is 0.0879. The van der Waals surface area contributed by atoms with Gasteiger partial charge in [-0.1, -0.05) is 12.1 Å². The predicted molar refractivity (Wildman–Crippen MR) is 64.3 cm³/mol. The van der Waals surface area contributed by atoms with Crippen LogP contribution in [0.4, 0.5) is 0 Å². The second-order valence-electron chi connectivity index (χ2n) is 4.15. The minimum absolute atomic E-state index is 0.0102. The van der Waals surface area contributed by atoms with E-state index in [-0.39, 0.29) is 11.9 Å². The molecule has 0 aromatic heterocycles. The van der Waals surface area contributed by atoms with Gasteiger partial charge >= 0.3 is 0 Å². The van der Waals surface area contributed by atoms with Crippen LogP contribution in [0.1, 0.15) is 17.5 Å². The molecule has 0 bridgehead atoms. The van der Waals surface area contributed by atoms with Crippen molar-refractivity contribution in [3.05, 3.63) is 35.4 Å². The lowest BCUT2D eigenvalue weighted by atomic mass is 10.1. The highest BCUT2D eigenvalue weighted by atomic mass is 16.2. The molecule has 1 aromatic rings. The van der Waals surface area contributed by atoms with Crippen molar-refractivity contribution in [2.24, 2.45) is 0 Å². The van der Waals surface area contributed by atoms with E-state index < -0.39 is 0 Å². The quantitative estimate of drug-likeness (QED) is 0.793. The molecule has 1 saturated heterocycles. The second-order valence-corrected chi connectivity index (χ2v) is 4.15. The molecule has 17 heavy (non-hydrogen) atoms. The van der Waals surface area contributed by atoms with Gasteiger partial charge in [-0.15, -0.1) is 0 Å². The van der Waals surface area contributed by atoms with E-state index in [1.807, 2.05) is 12.1 Å².